The van der Waals surface area contributed by atoms with Gasteiger partial charge in [0, 0.05) is 16.7 Å². The van der Waals surface area contributed by atoms with Gasteiger partial charge >= 0.3 is 0 Å². The Balaban J connectivity index is 1.66. The molecule has 0 spiro atoms. The third-order valence-electron chi connectivity index (χ3n) is 7.32. The van der Waals surface area contributed by atoms with Crippen LogP contribution in [0, 0.1) is 44.1 Å². The van der Waals surface area contributed by atoms with Gasteiger partial charge < -0.3 is 0 Å². The lowest BCUT2D eigenvalue weighted by Crippen LogP contribution is -2.01. The lowest BCUT2D eigenvalue weighted by Gasteiger charge is -2.16. The van der Waals surface area contributed by atoms with Crippen molar-refractivity contribution in [2.75, 3.05) is 0 Å². The minimum atomic E-state index is -1.04. The Kier molecular flexibility index (Phi) is 7.68. The summed E-state index contributed by atoms with van der Waals surface area (Å²) < 4.78 is 45.6. The highest BCUT2D eigenvalue weighted by Gasteiger charge is 2.19. The molecule has 0 N–H and O–H groups in total. The Labute approximate surface area is 212 Å². The second kappa shape index (κ2) is 10.7. The van der Waals surface area contributed by atoms with E-state index in [4.69, 9.17) is 0 Å². The molecular formula is C33H33F3. The zero-order valence-corrected chi connectivity index (χ0v) is 21.7. The molecule has 0 saturated carbocycles. The summed E-state index contributed by atoms with van der Waals surface area (Å²) in [5, 5.41) is 0. The van der Waals surface area contributed by atoms with Gasteiger partial charge in [0.1, 0.15) is 5.82 Å². The first-order valence-corrected chi connectivity index (χ1v) is 12.6. The van der Waals surface area contributed by atoms with E-state index < -0.39 is 17.5 Å². The highest BCUT2D eigenvalue weighted by atomic mass is 19.2. The van der Waals surface area contributed by atoms with Gasteiger partial charge in [-0.25, -0.2) is 13.2 Å². The van der Waals surface area contributed by atoms with E-state index in [0.29, 0.717) is 17.0 Å². The van der Waals surface area contributed by atoms with Gasteiger partial charge in [-0.1, -0.05) is 86.5 Å². The van der Waals surface area contributed by atoms with Crippen molar-refractivity contribution >= 4 is 0 Å². The first-order valence-electron chi connectivity index (χ1n) is 12.6. The molecule has 0 heterocycles. The van der Waals surface area contributed by atoms with Crippen LogP contribution in [0.5, 0.6) is 0 Å². The van der Waals surface area contributed by atoms with Gasteiger partial charge in [0.25, 0.3) is 0 Å². The molecule has 1 atom stereocenters. The van der Waals surface area contributed by atoms with Crippen LogP contribution >= 0.6 is 0 Å². The molecule has 0 fully saturated rings. The fourth-order valence-corrected chi connectivity index (χ4v) is 4.78. The molecule has 0 aliphatic heterocycles. The van der Waals surface area contributed by atoms with Crippen LogP contribution in [0.3, 0.4) is 0 Å². The normalized spacial score (nSPS) is 12.1. The number of hydrogen-bond donors (Lipinski definition) is 0. The summed E-state index contributed by atoms with van der Waals surface area (Å²) in [4.78, 5) is 0. The monoisotopic (exact) mass is 486 g/mol. The Morgan fingerprint density at radius 1 is 0.639 bits per heavy atom. The van der Waals surface area contributed by atoms with E-state index in [1.54, 1.807) is 12.1 Å². The molecule has 0 aliphatic rings. The Morgan fingerprint density at radius 3 is 1.81 bits per heavy atom. The van der Waals surface area contributed by atoms with Crippen molar-refractivity contribution in [2.24, 2.45) is 5.92 Å². The molecule has 4 aromatic carbocycles. The quantitative estimate of drug-likeness (QED) is 0.244. The summed E-state index contributed by atoms with van der Waals surface area (Å²) in [6, 6.07) is 19.2. The molecule has 36 heavy (non-hydrogen) atoms. The average molecular weight is 487 g/mol. The van der Waals surface area contributed by atoms with Crippen LogP contribution in [0.15, 0.2) is 66.7 Å². The molecule has 0 saturated heterocycles. The Morgan fingerprint density at radius 2 is 1.19 bits per heavy atom. The molecule has 0 radical (unpaired) electrons. The smallest absolute Gasteiger partial charge is 0.167 e. The highest BCUT2D eigenvalue weighted by molar-refractivity contribution is 5.75. The maximum absolute atomic E-state index is 15.3. The maximum atomic E-state index is 15.3. The molecule has 4 rings (SSSR count). The van der Waals surface area contributed by atoms with Gasteiger partial charge in [0.15, 0.2) is 11.6 Å². The maximum Gasteiger partial charge on any atom is 0.167 e. The Hall–Kier alpha value is -3.33. The summed E-state index contributed by atoms with van der Waals surface area (Å²) >= 11 is 0. The van der Waals surface area contributed by atoms with Crippen molar-refractivity contribution in [2.45, 2.75) is 53.9 Å². The minimum Gasteiger partial charge on any atom is -0.206 e. The van der Waals surface area contributed by atoms with Crippen LogP contribution < -0.4 is 0 Å². The van der Waals surface area contributed by atoms with Crippen molar-refractivity contribution < 1.29 is 13.2 Å². The molecule has 186 valence electrons. The molecule has 0 amide bonds. The van der Waals surface area contributed by atoms with Gasteiger partial charge in [-0.3, -0.25) is 0 Å². The third kappa shape index (κ3) is 5.26. The van der Waals surface area contributed by atoms with Gasteiger partial charge in [-0.05, 0) is 79.0 Å². The predicted octanol–water partition coefficient (Wildman–Crippen LogP) is 10.0. The molecule has 0 nitrogen and oxygen atoms in total. The zero-order chi connectivity index (χ0) is 26.0. The van der Waals surface area contributed by atoms with Crippen molar-refractivity contribution in [1.82, 2.24) is 0 Å². The van der Waals surface area contributed by atoms with Crippen LogP contribution in [0.25, 0.3) is 33.4 Å². The fraction of sp³-hybridized carbons (Fsp3) is 0.273. The second-order valence-electron chi connectivity index (χ2n) is 9.99. The standard InChI is InChI=1S/C33H33F3/c1-6-20(2)9-13-27-22(4)17-26(18-23(27)5)28-15-16-30(33(36)32(28)35)29-14-12-25(19-31(29)34)24-10-7-21(3)8-11-24/h7-8,10-12,14-20H,6,9,13H2,1-5H3/t20-/m0/s1. The molecule has 0 unspecified atom stereocenters. The summed E-state index contributed by atoms with van der Waals surface area (Å²) in [5.74, 6) is -1.93. The summed E-state index contributed by atoms with van der Waals surface area (Å²) in [6.07, 6.45) is 3.21. The molecule has 4 aromatic rings. The second-order valence-corrected chi connectivity index (χ2v) is 9.99. The lowest BCUT2D eigenvalue weighted by molar-refractivity contribution is 0.512. The summed E-state index contributed by atoms with van der Waals surface area (Å²) in [7, 11) is 0. The van der Waals surface area contributed by atoms with Gasteiger partial charge in [-0.2, -0.15) is 0 Å². The molecule has 0 aliphatic carbocycles. The lowest BCUT2D eigenvalue weighted by atomic mass is 9.90. The van der Waals surface area contributed by atoms with E-state index in [9.17, 15) is 0 Å². The van der Waals surface area contributed by atoms with E-state index in [2.05, 4.69) is 13.8 Å². The van der Waals surface area contributed by atoms with Crippen LogP contribution in [-0.4, -0.2) is 0 Å². The van der Waals surface area contributed by atoms with E-state index in [1.807, 2.05) is 57.2 Å². The first-order chi connectivity index (χ1) is 17.2. The fourth-order valence-electron chi connectivity index (χ4n) is 4.78. The van der Waals surface area contributed by atoms with Crippen LogP contribution in [0.4, 0.5) is 13.2 Å². The summed E-state index contributed by atoms with van der Waals surface area (Å²) in [5.41, 5.74) is 6.88. The first kappa shape index (κ1) is 25.8. The van der Waals surface area contributed by atoms with Crippen molar-refractivity contribution in [3.63, 3.8) is 0 Å². The van der Waals surface area contributed by atoms with E-state index in [1.165, 1.54) is 23.8 Å². The molecular weight excluding hydrogens is 453 g/mol. The van der Waals surface area contributed by atoms with Crippen molar-refractivity contribution in [3.8, 4) is 33.4 Å². The third-order valence-corrected chi connectivity index (χ3v) is 7.32. The number of halogens is 3. The average Bonchev–Trinajstić information content (AvgIpc) is 2.85. The van der Waals surface area contributed by atoms with E-state index >= 15 is 13.2 Å². The van der Waals surface area contributed by atoms with Crippen molar-refractivity contribution in [1.29, 1.82) is 0 Å². The van der Waals surface area contributed by atoms with E-state index in [-0.39, 0.29) is 16.7 Å². The minimum absolute atomic E-state index is 0.0431. The molecule has 0 aromatic heterocycles. The summed E-state index contributed by atoms with van der Waals surface area (Å²) in [6.45, 7) is 10.5. The largest absolute Gasteiger partial charge is 0.206 e. The number of benzene rings is 4. The van der Waals surface area contributed by atoms with Gasteiger partial charge in [0.2, 0.25) is 0 Å². The number of aryl methyl sites for hydroxylation is 3. The van der Waals surface area contributed by atoms with E-state index in [0.717, 1.165) is 41.5 Å². The zero-order valence-electron chi connectivity index (χ0n) is 21.7. The topological polar surface area (TPSA) is 0 Å². The molecule has 0 bridgehead atoms. The van der Waals surface area contributed by atoms with Crippen LogP contribution in [0.2, 0.25) is 0 Å². The van der Waals surface area contributed by atoms with Gasteiger partial charge in [-0.15, -0.1) is 0 Å². The van der Waals surface area contributed by atoms with Crippen molar-refractivity contribution in [3.05, 3.63) is 106 Å². The van der Waals surface area contributed by atoms with Crippen LogP contribution in [-0.2, 0) is 6.42 Å². The SMILES string of the molecule is CC[C@H](C)CCc1c(C)cc(-c2ccc(-c3ccc(-c4ccc(C)cc4)cc3F)c(F)c2F)cc1C. The predicted molar refractivity (Wildman–Crippen MR) is 145 cm³/mol. The number of rotatable bonds is 7. The Bertz CT molecular complexity index is 1360. The van der Waals surface area contributed by atoms with Gasteiger partial charge in [0.05, 0.1) is 0 Å². The number of hydrogen-bond acceptors (Lipinski definition) is 0. The highest BCUT2D eigenvalue weighted by Crippen LogP contribution is 2.35. The molecule has 3 heteroatoms. The van der Waals surface area contributed by atoms with Crippen LogP contribution in [0.1, 0.15) is 48.9 Å².